The molecule has 0 saturated carbocycles. The Morgan fingerprint density at radius 1 is 1.12 bits per heavy atom. The average Bonchev–Trinajstić information content (AvgIpc) is 2.58. The monoisotopic (exact) mass is 394 g/mol. The molecule has 0 heterocycles. The number of benzene rings is 2. The zero-order chi connectivity index (χ0) is 19.5. The van der Waals surface area contributed by atoms with E-state index in [1.165, 1.54) is 0 Å². The lowest BCUT2D eigenvalue weighted by Crippen LogP contribution is -2.42. The molecule has 0 bridgehead atoms. The van der Waals surface area contributed by atoms with Crippen molar-refractivity contribution in [3.05, 3.63) is 64.7 Å². The molecular weight excluding hydrogens is 372 g/mol. The molecule has 1 atom stereocenters. The zero-order valence-corrected chi connectivity index (χ0v) is 16.9. The topological polar surface area (TPSA) is 57.7 Å². The molecule has 1 amide bonds. The van der Waals surface area contributed by atoms with E-state index >= 15 is 0 Å². The molecule has 0 aliphatic heterocycles. The first kappa shape index (κ1) is 20.3. The number of anilines is 1. The van der Waals surface area contributed by atoms with Gasteiger partial charge in [0.1, 0.15) is 6.54 Å². The highest BCUT2D eigenvalue weighted by Gasteiger charge is 2.26. The molecule has 140 valence electrons. The van der Waals surface area contributed by atoms with Crippen LogP contribution >= 0.6 is 11.6 Å². The SMILES string of the molecule is Cc1ccccc1N(CC(=O)N(C)C(C)c1ccc(Cl)cc1)S(C)(=O)=O. The summed E-state index contributed by atoms with van der Waals surface area (Å²) in [5.74, 6) is -0.291. The maximum Gasteiger partial charge on any atom is 0.243 e. The van der Waals surface area contributed by atoms with Crippen molar-refractivity contribution in [2.45, 2.75) is 19.9 Å². The van der Waals surface area contributed by atoms with E-state index in [9.17, 15) is 13.2 Å². The summed E-state index contributed by atoms with van der Waals surface area (Å²) in [5.41, 5.74) is 2.22. The molecule has 2 rings (SSSR count). The third kappa shape index (κ3) is 4.77. The molecule has 0 spiro atoms. The summed E-state index contributed by atoms with van der Waals surface area (Å²) in [6.45, 7) is 3.45. The smallest absolute Gasteiger partial charge is 0.243 e. The quantitative estimate of drug-likeness (QED) is 0.751. The maximum absolute atomic E-state index is 12.8. The summed E-state index contributed by atoms with van der Waals surface area (Å²) in [4.78, 5) is 14.3. The first-order chi connectivity index (χ1) is 12.1. The van der Waals surface area contributed by atoms with Gasteiger partial charge in [0.05, 0.1) is 18.0 Å². The van der Waals surface area contributed by atoms with Crippen molar-refractivity contribution in [1.29, 1.82) is 0 Å². The number of likely N-dealkylation sites (N-methyl/N-ethyl adjacent to an activating group) is 1. The van der Waals surface area contributed by atoms with E-state index in [1.54, 1.807) is 36.2 Å². The van der Waals surface area contributed by atoms with Crippen LogP contribution in [0.2, 0.25) is 5.02 Å². The van der Waals surface area contributed by atoms with Gasteiger partial charge in [0.2, 0.25) is 15.9 Å². The van der Waals surface area contributed by atoms with Gasteiger partial charge in [0, 0.05) is 12.1 Å². The van der Waals surface area contributed by atoms with Crippen molar-refractivity contribution >= 4 is 33.2 Å². The van der Waals surface area contributed by atoms with Crippen LogP contribution in [0.5, 0.6) is 0 Å². The Labute approximate surface area is 160 Å². The average molecular weight is 395 g/mol. The van der Waals surface area contributed by atoms with E-state index in [-0.39, 0.29) is 18.5 Å². The van der Waals surface area contributed by atoms with Gasteiger partial charge in [0.25, 0.3) is 0 Å². The van der Waals surface area contributed by atoms with E-state index in [0.717, 1.165) is 21.7 Å². The van der Waals surface area contributed by atoms with Crippen LogP contribution in [-0.4, -0.2) is 39.1 Å². The van der Waals surface area contributed by atoms with Crippen molar-refractivity contribution in [3.8, 4) is 0 Å². The lowest BCUT2D eigenvalue weighted by atomic mass is 10.1. The van der Waals surface area contributed by atoms with Gasteiger partial charge in [-0.15, -0.1) is 0 Å². The Kier molecular flexibility index (Phi) is 6.31. The fourth-order valence-corrected chi connectivity index (χ4v) is 3.67. The van der Waals surface area contributed by atoms with Gasteiger partial charge in [-0.25, -0.2) is 8.42 Å². The Morgan fingerprint density at radius 3 is 2.23 bits per heavy atom. The molecule has 2 aromatic rings. The van der Waals surface area contributed by atoms with Crippen molar-refractivity contribution in [1.82, 2.24) is 4.90 Å². The summed E-state index contributed by atoms with van der Waals surface area (Å²) in [6, 6.07) is 14.1. The highest BCUT2D eigenvalue weighted by molar-refractivity contribution is 7.92. The minimum Gasteiger partial charge on any atom is -0.337 e. The van der Waals surface area contributed by atoms with Crippen LogP contribution < -0.4 is 4.31 Å². The molecule has 0 aliphatic carbocycles. The van der Waals surface area contributed by atoms with Gasteiger partial charge in [-0.3, -0.25) is 9.10 Å². The number of hydrogen-bond acceptors (Lipinski definition) is 3. The molecular formula is C19H23ClN2O3S. The van der Waals surface area contributed by atoms with E-state index < -0.39 is 10.0 Å². The lowest BCUT2D eigenvalue weighted by molar-refractivity contribution is -0.130. The van der Waals surface area contributed by atoms with Crippen LogP contribution in [0.15, 0.2) is 48.5 Å². The highest BCUT2D eigenvalue weighted by Crippen LogP contribution is 2.24. The standard InChI is InChI=1S/C19H23ClN2O3S/c1-14-7-5-6-8-18(14)22(26(4,24)25)13-19(23)21(3)15(2)16-9-11-17(20)12-10-16/h5-12,15H,13H2,1-4H3. The van der Waals surface area contributed by atoms with Gasteiger partial charge in [-0.05, 0) is 43.2 Å². The Morgan fingerprint density at radius 2 is 1.69 bits per heavy atom. The Hall–Kier alpha value is -2.05. The molecule has 0 radical (unpaired) electrons. The minimum absolute atomic E-state index is 0.210. The second-order valence-corrected chi connectivity index (χ2v) is 8.63. The van der Waals surface area contributed by atoms with Gasteiger partial charge in [0.15, 0.2) is 0 Å². The highest BCUT2D eigenvalue weighted by atomic mass is 35.5. The molecule has 0 N–H and O–H groups in total. The number of rotatable bonds is 6. The van der Waals surface area contributed by atoms with Crippen molar-refractivity contribution in [2.75, 3.05) is 24.2 Å². The summed E-state index contributed by atoms with van der Waals surface area (Å²) < 4.78 is 25.7. The van der Waals surface area contributed by atoms with Gasteiger partial charge in [-0.1, -0.05) is 41.9 Å². The van der Waals surface area contributed by atoms with Gasteiger partial charge >= 0.3 is 0 Å². The van der Waals surface area contributed by atoms with Crippen LogP contribution in [0.3, 0.4) is 0 Å². The van der Waals surface area contributed by atoms with Gasteiger partial charge < -0.3 is 4.90 Å². The molecule has 1 unspecified atom stereocenters. The van der Waals surface area contributed by atoms with E-state index in [0.29, 0.717) is 10.7 Å². The molecule has 26 heavy (non-hydrogen) atoms. The summed E-state index contributed by atoms with van der Waals surface area (Å²) in [6.07, 6.45) is 1.11. The molecule has 0 saturated heterocycles. The zero-order valence-electron chi connectivity index (χ0n) is 15.3. The van der Waals surface area contributed by atoms with Crippen LogP contribution in [-0.2, 0) is 14.8 Å². The number of aryl methyl sites for hydroxylation is 1. The van der Waals surface area contributed by atoms with Crippen LogP contribution in [0.1, 0.15) is 24.1 Å². The Balaban J connectivity index is 2.24. The molecule has 0 fully saturated rings. The molecule has 2 aromatic carbocycles. The predicted octanol–water partition coefficient (Wildman–Crippen LogP) is 3.63. The van der Waals surface area contributed by atoms with E-state index in [2.05, 4.69) is 0 Å². The van der Waals surface area contributed by atoms with E-state index in [4.69, 9.17) is 11.6 Å². The fraction of sp³-hybridized carbons (Fsp3) is 0.316. The van der Waals surface area contributed by atoms with E-state index in [1.807, 2.05) is 38.1 Å². The summed E-state index contributed by atoms with van der Waals surface area (Å²) in [5, 5.41) is 0.623. The number of nitrogens with zero attached hydrogens (tertiary/aromatic N) is 2. The van der Waals surface area contributed by atoms with Crippen molar-refractivity contribution < 1.29 is 13.2 Å². The van der Waals surface area contributed by atoms with Gasteiger partial charge in [-0.2, -0.15) is 0 Å². The first-order valence-corrected chi connectivity index (χ1v) is 10.4. The second kappa shape index (κ2) is 8.10. The normalized spacial score (nSPS) is 12.5. The minimum atomic E-state index is -3.60. The molecule has 0 aromatic heterocycles. The van der Waals surface area contributed by atoms with Crippen molar-refractivity contribution in [3.63, 3.8) is 0 Å². The second-order valence-electron chi connectivity index (χ2n) is 6.29. The molecule has 0 aliphatic rings. The van der Waals surface area contributed by atoms with Crippen LogP contribution in [0.25, 0.3) is 0 Å². The summed E-state index contributed by atoms with van der Waals surface area (Å²) in [7, 11) is -1.93. The number of carbonyl (C=O) groups is 1. The fourth-order valence-electron chi connectivity index (χ4n) is 2.64. The van der Waals surface area contributed by atoms with Crippen LogP contribution in [0.4, 0.5) is 5.69 Å². The van der Waals surface area contributed by atoms with Crippen molar-refractivity contribution in [2.24, 2.45) is 0 Å². The number of sulfonamides is 1. The predicted molar refractivity (Wildman–Crippen MR) is 106 cm³/mol. The number of amides is 1. The number of para-hydroxylation sites is 1. The lowest BCUT2D eigenvalue weighted by Gasteiger charge is -2.29. The number of hydrogen-bond donors (Lipinski definition) is 0. The third-order valence-corrected chi connectivity index (χ3v) is 5.77. The maximum atomic E-state index is 12.8. The number of halogens is 1. The molecule has 7 heteroatoms. The third-order valence-electron chi connectivity index (χ3n) is 4.39. The molecule has 5 nitrogen and oxygen atoms in total. The largest absolute Gasteiger partial charge is 0.337 e. The number of carbonyl (C=O) groups excluding carboxylic acids is 1. The summed E-state index contributed by atoms with van der Waals surface area (Å²) >= 11 is 5.91. The Bertz CT molecular complexity index is 882. The first-order valence-electron chi connectivity index (χ1n) is 8.15. The van der Waals surface area contributed by atoms with Crippen LogP contribution in [0, 0.1) is 6.92 Å².